The predicted molar refractivity (Wildman–Crippen MR) is 81.0 cm³/mol. The molecule has 0 bridgehead atoms. The number of amides is 1. The quantitative estimate of drug-likeness (QED) is 0.917. The molecule has 2 aliphatic rings. The molecule has 1 atom stereocenters. The van der Waals surface area contributed by atoms with Gasteiger partial charge in [0.05, 0.1) is 0 Å². The van der Waals surface area contributed by atoms with Crippen LogP contribution in [0, 0.1) is 0 Å². The van der Waals surface area contributed by atoms with Crippen molar-refractivity contribution in [3.63, 3.8) is 0 Å². The van der Waals surface area contributed by atoms with Crippen molar-refractivity contribution in [3.05, 3.63) is 35.4 Å². The Morgan fingerprint density at radius 1 is 1.15 bits per heavy atom. The highest BCUT2D eigenvalue weighted by molar-refractivity contribution is 5.94. The number of benzene rings is 1. The number of likely N-dealkylation sites (N-methyl/N-ethyl adjacent to an activating group) is 1. The molecule has 1 saturated carbocycles. The smallest absolute Gasteiger partial charge is 0.251 e. The lowest BCUT2D eigenvalue weighted by Gasteiger charge is -2.14. The van der Waals surface area contributed by atoms with Gasteiger partial charge in [0.2, 0.25) is 0 Å². The van der Waals surface area contributed by atoms with Gasteiger partial charge in [-0.3, -0.25) is 4.79 Å². The van der Waals surface area contributed by atoms with Crippen LogP contribution in [0.15, 0.2) is 24.3 Å². The van der Waals surface area contributed by atoms with Gasteiger partial charge in [-0.15, -0.1) is 0 Å². The van der Waals surface area contributed by atoms with Crippen LogP contribution in [0.4, 0.5) is 0 Å². The standard InChI is InChI=1S/C17H24N2O/c1-19-11-10-16(12-19)18-17(20)15-8-6-14(7-9-15)13-4-2-3-5-13/h6-9,13,16H,2-5,10-12H2,1H3,(H,18,20). The Morgan fingerprint density at radius 2 is 1.85 bits per heavy atom. The maximum absolute atomic E-state index is 12.2. The molecular formula is C17H24N2O. The van der Waals surface area contributed by atoms with Gasteiger partial charge in [0, 0.05) is 18.2 Å². The van der Waals surface area contributed by atoms with Crippen LogP contribution >= 0.6 is 0 Å². The monoisotopic (exact) mass is 272 g/mol. The van der Waals surface area contributed by atoms with Crippen molar-refractivity contribution in [2.24, 2.45) is 0 Å². The van der Waals surface area contributed by atoms with Crippen molar-refractivity contribution in [2.75, 3.05) is 20.1 Å². The molecule has 1 aliphatic carbocycles. The zero-order valence-electron chi connectivity index (χ0n) is 12.3. The van der Waals surface area contributed by atoms with E-state index in [1.54, 1.807) is 0 Å². The number of nitrogens with one attached hydrogen (secondary N) is 1. The van der Waals surface area contributed by atoms with E-state index < -0.39 is 0 Å². The van der Waals surface area contributed by atoms with Crippen molar-refractivity contribution >= 4 is 5.91 Å². The second-order valence-electron chi connectivity index (χ2n) is 6.32. The van der Waals surface area contributed by atoms with Gasteiger partial charge in [0.25, 0.3) is 5.91 Å². The topological polar surface area (TPSA) is 32.3 Å². The Bertz CT molecular complexity index is 462. The molecule has 1 unspecified atom stereocenters. The van der Waals surface area contributed by atoms with Crippen molar-refractivity contribution in [1.29, 1.82) is 0 Å². The predicted octanol–water partition coefficient (Wildman–Crippen LogP) is 2.78. The van der Waals surface area contributed by atoms with E-state index in [0.29, 0.717) is 6.04 Å². The first-order valence-corrected chi connectivity index (χ1v) is 7.82. The van der Waals surface area contributed by atoms with E-state index in [9.17, 15) is 4.79 Å². The summed E-state index contributed by atoms with van der Waals surface area (Å²) in [5.74, 6) is 0.791. The number of carbonyl (C=O) groups is 1. The van der Waals surface area contributed by atoms with Crippen molar-refractivity contribution in [2.45, 2.75) is 44.1 Å². The summed E-state index contributed by atoms with van der Waals surface area (Å²) in [5, 5.41) is 3.13. The highest BCUT2D eigenvalue weighted by Gasteiger charge is 2.22. The summed E-state index contributed by atoms with van der Waals surface area (Å²) in [4.78, 5) is 14.5. The first-order chi connectivity index (χ1) is 9.72. The lowest BCUT2D eigenvalue weighted by Crippen LogP contribution is -2.36. The molecule has 3 heteroatoms. The molecule has 3 nitrogen and oxygen atoms in total. The average molecular weight is 272 g/mol. The van der Waals surface area contributed by atoms with Crippen LogP contribution in [-0.2, 0) is 0 Å². The molecule has 0 radical (unpaired) electrons. The molecule has 1 N–H and O–H groups in total. The fourth-order valence-corrected chi connectivity index (χ4v) is 3.49. The van der Waals surface area contributed by atoms with E-state index in [4.69, 9.17) is 0 Å². The molecule has 1 heterocycles. The summed E-state index contributed by atoms with van der Waals surface area (Å²) in [6, 6.07) is 8.57. The summed E-state index contributed by atoms with van der Waals surface area (Å²) in [6.07, 6.45) is 6.37. The van der Waals surface area contributed by atoms with Gasteiger partial charge in [0.15, 0.2) is 0 Å². The van der Waals surface area contributed by atoms with E-state index in [2.05, 4.69) is 29.4 Å². The number of rotatable bonds is 3. The highest BCUT2D eigenvalue weighted by Crippen LogP contribution is 2.33. The van der Waals surface area contributed by atoms with Crippen LogP contribution in [0.1, 0.15) is 53.9 Å². The normalized spacial score (nSPS) is 24.1. The Balaban J connectivity index is 1.60. The van der Waals surface area contributed by atoms with Crippen molar-refractivity contribution in [1.82, 2.24) is 10.2 Å². The van der Waals surface area contributed by atoms with E-state index >= 15 is 0 Å². The fraction of sp³-hybridized carbons (Fsp3) is 0.588. The van der Waals surface area contributed by atoms with Crippen LogP contribution in [0.3, 0.4) is 0 Å². The largest absolute Gasteiger partial charge is 0.348 e. The van der Waals surface area contributed by atoms with Crippen molar-refractivity contribution < 1.29 is 4.79 Å². The second-order valence-corrected chi connectivity index (χ2v) is 6.32. The fourth-order valence-electron chi connectivity index (χ4n) is 3.49. The number of hydrogen-bond acceptors (Lipinski definition) is 2. The number of nitrogens with zero attached hydrogens (tertiary/aromatic N) is 1. The average Bonchev–Trinajstić information content (AvgIpc) is 3.11. The highest BCUT2D eigenvalue weighted by atomic mass is 16.1. The first-order valence-electron chi connectivity index (χ1n) is 7.82. The number of hydrogen-bond donors (Lipinski definition) is 1. The maximum atomic E-state index is 12.2. The summed E-state index contributed by atoms with van der Waals surface area (Å²) < 4.78 is 0. The van der Waals surface area contributed by atoms with E-state index in [1.807, 2.05) is 12.1 Å². The summed E-state index contributed by atoms with van der Waals surface area (Å²) in [5.41, 5.74) is 2.20. The molecule has 2 fully saturated rings. The molecule has 1 aliphatic heterocycles. The first kappa shape index (κ1) is 13.6. The minimum atomic E-state index is 0.0725. The van der Waals surface area contributed by atoms with E-state index in [-0.39, 0.29) is 5.91 Å². The van der Waals surface area contributed by atoms with E-state index in [1.165, 1.54) is 31.2 Å². The van der Waals surface area contributed by atoms with Crippen LogP contribution in [0.2, 0.25) is 0 Å². The van der Waals surface area contributed by atoms with Gasteiger partial charge in [-0.2, -0.15) is 0 Å². The van der Waals surface area contributed by atoms with Gasteiger partial charge < -0.3 is 10.2 Å². The van der Waals surface area contributed by atoms with Crippen LogP contribution in [-0.4, -0.2) is 37.0 Å². The Hall–Kier alpha value is -1.35. The minimum Gasteiger partial charge on any atom is -0.348 e. The Morgan fingerprint density at radius 3 is 2.45 bits per heavy atom. The third-order valence-electron chi connectivity index (χ3n) is 4.73. The molecule has 20 heavy (non-hydrogen) atoms. The third-order valence-corrected chi connectivity index (χ3v) is 4.73. The zero-order chi connectivity index (χ0) is 13.9. The summed E-state index contributed by atoms with van der Waals surface area (Å²) >= 11 is 0. The van der Waals surface area contributed by atoms with Gasteiger partial charge in [0.1, 0.15) is 0 Å². The molecule has 108 valence electrons. The molecular weight excluding hydrogens is 248 g/mol. The molecule has 3 rings (SSSR count). The third kappa shape index (κ3) is 3.04. The lowest BCUT2D eigenvalue weighted by molar-refractivity contribution is 0.0938. The Labute approximate surface area is 121 Å². The van der Waals surface area contributed by atoms with Gasteiger partial charge in [-0.25, -0.2) is 0 Å². The minimum absolute atomic E-state index is 0.0725. The molecule has 1 aromatic rings. The molecule has 1 saturated heterocycles. The van der Waals surface area contributed by atoms with Crippen LogP contribution in [0.25, 0.3) is 0 Å². The Kier molecular flexibility index (Phi) is 4.06. The number of likely N-dealkylation sites (tertiary alicyclic amines) is 1. The SMILES string of the molecule is CN1CCC(NC(=O)c2ccc(C3CCCC3)cc2)C1. The number of carbonyl (C=O) groups excluding carboxylic acids is 1. The zero-order valence-corrected chi connectivity index (χ0v) is 12.3. The molecule has 0 aromatic heterocycles. The van der Waals surface area contributed by atoms with Gasteiger partial charge in [-0.1, -0.05) is 25.0 Å². The van der Waals surface area contributed by atoms with Crippen LogP contribution in [0.5, 0.6) is 0 Å². The van der Waals surface area contributed by atoms with Crippen molar-refractivity contribution in [3.8, 4) is 0 Å². The second kappa shape index (κ2) is 5.96. The lowest BCUT2D eigenvalue weighted by atomic mass is 9.96. The molecule has 1 amide bonds. The van der Waals surface area contributed by atoms with Gasteiger partial charge in [-0.05, 0) is 56.5 Å². The maximum Gasteiger partial charge on any atom is 0.251 e. The van der Waals surface area contributed by atoms with Gasteiger partial charge >= 0.3 is 0 Å². The molecule has 0 spiro atoms. The van der Waals surface area contributed by atoms with E-state index in [0.717, 1.165) is 31.0 Å². The summed E-state index contributed by atoms with van der Waals surface area (Å²) in [6.45, 7) is 2.04. The summed E-state index contributed by atoms with van der Waals surface area (Å²) in [7, 11) is 2.10. The van der Waals surface area contributed by atoms with Crippen LogP contribution < -0.4 is 5.32 Å². The molecule has 1 aromatic carbocycles.